The van der Waals surface area contributed by atoms with E-state index in [1.807, 2.05) is 0 Å². The van der Waals surface area contributed by atoms with E-state index in [1.54, 1.807) is 25.1 Å². The largest absolute Gasteiger partial charge is 0.480 e. The zero-order chi connectivity index (χ0) is 14.0. The van der Waals surface area contributed by atoms with Crippen LogP contribution in [0.1, 0.15) is 41.6 Å². The lowest BCUT2D eigenvalue weighted by molar-refractivity contribution is -0.144. The quantitative estimate of drug-likeness (QED) is 0.723. The zero-order valence-corrected chi connectivity index (χ0v) is 10.9. The highest BCUT2D eigenvalue weighted by atomic mass is 16.4. The summed E-state index contributed by atoms with van der Waals surface area (Å²) >= 11 is 0. The molecule has 0 spiro atoms. The van der Waals surface area contributed by atoms with Crippen LogP contribution in [0.4, 0.5) is 5.69 Å². The van der Waals surface area contributed by atoms with Gasteiger partial charge in [0.15, 0.2) is 0 Å². The van der Waals surface area contributed by atoms with Crippen molar-refractivity contribution in [3.63, 3.8) is 0 Å². The van der Waals surface area contributed by atoms with Gasteiger partial charge in [-0.1, -0.05) is 18.9 Å². The van der Waals surface area contributed by atoms with E-state index >= 15 is 0 Å². The number of hydrogen-bond acceptors (Lipinski definition) is 3. The third-order valence-electron chi connectivity index (χ3n) is 3.84. The minimum atomic E-state index is -1.12. The molecule has 5 heteroatoms. The molecule has 1 amide bonds. The average Bonchev–Trinajstić information content (AvgIpc) is 2.82. The predicted molar refractivity (Wildman–Crippen MR) is 71.9 cm³/mol. The van der Waals surface area contributed by atoms with Gasteiger partial charge in [0.1, 0.15) is 5.54 Å². The van der Waals surface area contributed by atoms with E-state index in [-0.39, 0.29) is 5.91 Å². The zero-order valence-electron chi connectivity index (χ0n) is 10.9. The molecule has 0 saturated heterocycles. The average molecular weight is 262 g/mol. The van der Waals surface area contributed by atoms with E-state index in [2.05, 4.69) is 5.32 Å². The second kappa shape index (κ2) is 4.91. The van der Waals surface area contributed by atoms with Crippen molar-refractivity contribution in [1.29, 1.82) is 0 Å². The fraction of sp³-hybridized carbons (Fsp3) is 0.429. The van der Waals surface area contributed by atoms with Gasteiger partial charge in [-0.15, -0.1) is 0 Å². The van der Waals surface area contributed by atoms with Gasteiger partial charge in [0, 0.05) is 11.3 Å². The molecule has 1 fully saturated rings. The van der Waals surface area contributed by atoms with E-state index in [0.717, 1.165) is 12.8 Å². The molecule has 2 rings (SSSR count). The number of anilines is 1. The van der Waals surface area contributed by atoms with Crippen LogP contribution >= 0.6 is 0 Å². The summed E-state index contributed by atoms with van der Waals surface area (Å²) in [6.45, 7) is 1.76. The highest BCUT2D eigenvalue weighted by Gasteiger charge is 2.42. The van der Waals surface area contributed by atoms with Gasteiger partial charge in [-0.25, -0.2) is 4.79 Å². The highest BCUT2D eigenvalue weighted by Crippen LogP contribution is 2.30. The normalized spacial score (nSPS) is 17.1. The second-order valence-corrected chi connectivity index (χ2v) is 5.07. The molecule has 1 saturated carbocycles. The summed E-state index contributed by atoms with van der Waals surface area (Å²) in [6.07, 6.45) is 2.61. The Bertz CT molecular complexity index is 519. The molecule has 19 heavy (non-hydrogen) atoms. The first-order valence-electron chi connectivity index (χ1n) is 6.37. The molecule has 102 valence electrons. The molecule has 0 bridgehead atoms. The molecule has 0 aromatic heterocycles. The van der Waals surface area contributed by atoms with Crippen molar-refractivity contribution in [2.75, 3.05) is 5.73 Å². The van der Waals surface area contributed by atoms with E-state index in [1.165, 1.54) is 0 Å². The Hall–Kier alpha value is -2.04. The van der Waals surface area contributed by atoms with Crippen molar-refractivity contribution in [3.8, 4) is 0 Å². The molecular weight excluding hydrogens is 244 g/mol. The van der Waals surface area contributed by atoms with Crippen molar-refractivity contribution < 1.29 is 14.7 Å². The van der Waals surface area contributed by atoms with Gasteiger partial charge in [-0.3, -0.25) is 4.79 Å². The summed E-state index contributed by atoms with van der Waals surface area (Å²) in [5, 5.41) is 12.0. The summed E-state index contributed by atoms with van der Waals surface area (Å²) in [6, 6.07) is 5.07. The van der Waals surface area contributed by atoms with E-state index < -0.39 is 11.5 Å². The number of amides is 1. The number of rotatable bonds is 3. The summed E-state index contributed by atoms with van der Waals surface area (Å²) in [7, 11) is 0. The fourth-order valence-corrected chi connectivity index (χ4v) is 2.56. The summed E-state index contributed by atoms with van der Waals surface area (Å²) in [5.74, 6) is -1.32. The second-order valence-electron chi connectivity index (χ2n) is 5.07. The molecule has 0 atom stereocenters. The predicted octanol–water partition coefficient (Wildman–Crippen LogP) is 1.70. The van der Waals surface area contributed by atoms with E-state index in [4.69, 9.17) is 5.73 Å². The van der Waals surface area contributed by atoms with Gasteiger partial charge < -0.3 is 16.2 Å². The Labute approximate surface area is 111 Å². The number of carbonyl (C=O) groups is 2. The lowest BCUT2D eigenvalue weighted by atomic mass is 9.96. The summed E-state index contributed by atoms with van der Waals surface area (Å²) < 4.78 is 0. The number of hydrogen-bond donors (Lipinski definition) is 3. The molecule has 5 nitrogen and oxygen atoms in total. The Morgan fingerprint density at radius 2 is 1.95 bits per heavy atom. The Morgan fingerprint density at radius 3 is 2.53 bits per heavy atom. The minimum Gasteiger partial charge on any atom is -0.480 e. The van der Waals surface area contributed by atoms with Crippen LogP contribution in [0.25, 0.3) is 0 Å². The summed E-state index contributed by atoms with van der Waals surface area (Å²) in [5.41, 5.74) is 6.29. The monoisotopic (exact) mass is 262 g/mol. The topological polar surface area (TPSA) is 92.4 Å². The van der Waals surface area contributed by atoms with Gasteiger partial charge >= 0.3 is 5.97 Å². The lowest BCUT2D eigenvalue weighted by Crippen LogP contribution is -2.52. The van der Waals surface area contributed by atoms with Crippen LogP contribution < -0.4 is 11.1 Å². The molecule has 1 aliphatic carbocycles. The molecule has 0 aliphatic heterocycles. The van der Waals surface area contributed by atoms with Crippen molar-refractivity contribution in [3.05, 3.63) is 29.3 Å². The third kappa shape index (κ3) is 2.41. The van der Waals surface area contributed by atoms with Gasteiger partial charge in [-0.05, 0) is 37.5 Å². The van der Waals surface area contributed by atoms with Crippen LogP contribution in [0.2, 0.25) is 0 Å². The number of nitrogen functional groups attached to an aromatic ring is 1. The van der Waals surface area contributed by atoms with E-state index in [0.29, 0.717) is 29.7 Å². The molecule has 0 radical (unpaired) electrons. The Balaban J connectivity index is 2.25. The van der Waals surface area contributed by atoms with Gasteiger partial charge in [0.05, 0.1) is 0 Å². The number of aliphatic carboxylic acids is 1. The number of nitrogens with one attached hydrogen (secondary N) is 1. The highest BCUT2D eigenvalue weighted by molar-refractivity contribution is 6.00. The maximum atomic E-state index is 12.3. The van der Waals surface area contributed by atoms with Gasteiger partial charge in [0.25, 0.3) is 5.91 Å². The maximum Gasteiger partial charge on any atom is 0.329 e. The molecule has 1 aliphatic rings. The van der Waals surface area contributed by atoms with Crippen molar-refractivity contribution in [1.82, 2.24) is 5.32 Å². The van der Waals surface area contributed by atoms with Crippen LogP contribution in [0.3, 0.4) is 0 Å². The third-order valence-corrected chi connectivity index (χ3v) is 3.84. The molecule has 1 aromatic carbocycles. The lowest BCUT2D eigenvalue weighted by Gasteiger charge is -2.25. The maximum absolute atomic E-state index is 12.3. The van der Waals surface area contributed by atoms with Crippen molar-refractivity contribution >= 4 is 17.6 Å². The standard InChI is InChI=1S/C14H18N2O3/c1-9-10(5-4-6-11(9)15)12(17)16-14(13(18)19)7-2-3-8-14/h4-6H,2-3,7-8,15H2,1H3,(H,16,17)(H,18,19). The molecule has 0 unspecified atom stereocenters. The van der Waals surface area contributed by atoms with Crippen LogP contribution in [-0.2, 0) is 4.79 Å². The first-order chi connectivity index (χ1) is 8.96. The van der Waals surface area contributed by atoms with Crippen LogP contribution in [0.15, 0.2) is 18.2 Å². The first-order valence-corrected chi connectivity index (χ1v) is 6.37. The van der Waals surface area contributed by atoms with Crippen LogP contribution in [-0.4, -0.2) is 22.5 Å². The first kappa shape index (κ1) is 13.4. The number of carboxylic acids is 1. The molecule has 4 N–H and O–H groups in total. The SMILES string of the molecule is Cc1c(N)cccc1C(=O)NC1(C(=O)O)CCCC1. The summed E-state index contributed by atoms with van der Waals surface area (Å²) in [4.78, 5) is 23.7. The Kier molecular flexibility index (Phi) is 3.46. The van der Waals surface area contributed by atoms with Crippen LogP contribution in [0, 0.1) is 6.92 Å². The minimum absolute atomic E-state index is 0.367. The van der Waals surface area contributed by atoms with E-state index in [9.17, 15) is 14.7 Å². The molecule has 0 heterocycles. The van der Waals surface area contributed by atoms with Crippen molar-refractivity contribution in [2.24, 2.45) is 0 Å². The van der Waals surface area contributed by atoms with Gasteiger partial charge in [0.2, 0.25) is 0 Å². The number of carboxylic acid groups (broad SMARTS) is 1. The number of nitrogens with two attached hydrogens (primary N) is 1. The van der Waals surface area contributed by atoms with Gasteiger partial charge in [-0.2, -0.15) is 0 Å². The Morgan fingerprint density at radius 1 is 1.32 bits per heavy atom. The smallest absolute Gasteiger partial charge is 0.329 e. The number of carbonyl (C=O) groups excluding carboxylic acids is 1. The fourth-order valence-electron chi connectivity index (χ4n) is 2.56. The molecule has 1 aromatic rings. The van der Waals surface area contributed by atoms with Crippen molar-refractivity contribution in [2.45, 2.75) is 38.1 Å². The molecular formula is C14H18N2O3. The van der Waals surface area contributed by atoms with Crippen LogP contribution in [0.5, 0.6) is 0 Å². The number of benzene rings is 1.